The van der Waals surface area contributed by atoms with Gasteiger partial charge < -0.3 is 4.90 Å². The normalized spacial score (nSPS) is 14.5. The van der Waals surface area contributed by atoms with Crippen LogP contribution in [0.15, 0.2) is 24.3 Å². The second-order valence-electron chi connectivity index (χ2n) is 6.88. The molecule has 0 unspecified atom stereocenters. The number of fused-ring (bicyclic) bond motifs is 3. The highest BCUT2D eigenvalue weighted by molar-refractivity contribution is 5.86. The highest BCUT2D eigenvalue weighted by Gasteiger charge is 2.24. The highest BCUT2D eigenvalue weighted by atomic mass is 15.2. The predicted molar refractivity (Wildman–Crippen MR) is 102 cm³/mol. The molecule has 4 rings (SSSR count). The van der Waals surface area contributed by atoms with Crippen LogP contribution in [0.1, 0.15) is 42.4 Å². The number of anilines is 1. The molecule has 1 aliphatic rings. The number of benzene rings is 1. The highest BCUT2D eigenvalue weighted by Crippen LogP contribution is 2.35. The molecule has 130 valence electrons. The van der Waals surface area contributed by atoms with Gasteiger partial charge in [0, 0.05) is 19.5 Å². The van der Waals surface area contributed by atoms with Crippen molar-refractivity contribution < 1.29 is 0 Å². The number of nitrogens with zero attached hydrogens (tertiary/aromatic N) is 5. The molecule has 0 radical (unpaired) electrons. The molecular weight excluding hydrogens is 322 g/mol. The Morgan fingerprint density at radius 3 is 2.62 bits per heavy atom. The molecule has 1 aliphatic heterocycles. The van der Waals surface area contributed by atoms with Crippen LogP contribution in [0, 0.1) is 29.6 Å². The molecule has 5 nitrogen and oxygen atoms in total. The van der Waals surface area contributed by atoms with Gasteiger partial charge in [-0.1, -0.05) is 12.1 Å². The lowest BCUT2D eigenvalue weighted by Gasteiger charge is -2.32. The number of pyridine rings is 1. The molecule has 1 saturated heterocycles. The second kappa shape index (κ2) is 6.69. The molecule has 3 heterocycles. The molecule has 0 atom stereocenters. The minimum atomic E-state index is 0.449. The van der Waals surface area contributed by atoms with E-state index in [0.29, 0.717) is 18.4 Å². The van der Waals surface area contributed by atoms with Gasteiger partial charge in [-0.3, -0.25) is 4.40 Å². The summed E-state index contributed by atoms with van der Waals surface area (Å²) in [4.78, 5) is 7.19. The van der Waals surface area contributed by atoms with Crippen molar-refractivity contribution in [1.29, 1.82) is 10.5 Å². The van der Waals surface area contributed by atoms with Crippen molar-refractivity contribution in [2.75, 3.05) is 18.0 Å². The fourth-order valence-electron chi connectivity index (χ4n) is 4.08. The number of nitriles is 2. The van der Waals surface area contributed by atoms with Crippen LogP contribution < -0.4 is 4.90 Å². The van der Waals surface area contributed by atoms with E-state index in [4.69, 9.17) is 10.2 Å². The first-order valence-corrected chi connectivity index (χ1v) is 9.21. The largest absolute Gasteiger partial charge is 0.357 e. The fraction of sp³-hybridized carbons (Fsp3) is 0.381. The average molecular weight is 343 g/mol. The molecular formula is C21H21N5. The van der Waals surface area contributed by atoms with Crippen LogP contribution in [-0.4, -0.2) is 22.5 Å². The van der Waals surface area contributed by atoms with Gasteiger partial charge in [-0.2, -0.15) is 10.5 Å². The Hall–Kier alpha value is -3.05. The summed E-state index contributed by atoms with van der Waals surface area (Å²) in [7, 11) is 0. The molecule has 0 aliphatic carbocycles. The average Bonchev–Trinajstić information content (AvgIpc) is 3.05. The first-order valence-electron chi connectivity index (χ1n) is 9.21. The van der Waals surface area contributed by atoms with Crippen LogP contribution in [0.25, 0.3) is 16.7 Å². The van der Waals surface area contributed by atoms with Crippen molar-refractivity contribution in [1.82, 2.24) is 9.38 Å². The molecule has 0 bridgehead atoms. The summed E-state index contributed by atoms with van der Waals surface area (Å²) in [6.07, 6.45) is 4.71. The number of piperidine rings is 1. The van der Waals surface area contributed by atoms with Gasteiger partial charge in [-0.15, -0.1) is 0 Å². The topological polar surface area (TPSA) is 68.1 Å². The molecule has 0 spiro atoms. The van der Waals surface area contributed by atoms with E-state index < -0.39 is 0 Å². The standard InChI is InChI=1S/C21H21N5/c1-15-16(8-7-11-22)21(25-12-5-2-6-13-25)26-19-10-4-3-9-18(19)24-20(26)17(15)14-23/h3-4,9-10H,2,5-8,12-13H2,1H3. The maximum absolute atomic E-state index is 9.81. The smallest absolute Gasteiger partial charge is 0.157 e. The Morgan fingerprint density at radius 1 is 1.12 bits per heavy atom. The third-order valence-electron chi connectivity index (χ3n) is 5.35. The van der Waals surface area contributed by atoms with Crippen molar-refractivity contribution in [3.8, 4) is 12.1 Å². The van der Waals surface area contributed by atoms with E-state index in [0.717, 1.165) is 46.7 Å². The van der Waals surface area contributed by atoms with E-state index in [1.54, 1.807) is 0 Å². The zero-order valence-electron chi connectivity index (χ0n) is 15.0. The van der Waals surface area contributed by atoms with E-state index >= 15 is 0 Å². The number of hydrogen-bond donors (Lipinski definition) is 0. The summed E-state index contributed by atoms with van der Waals surface area (Å²) in [6.45, 7) is 4.01. The molecule has 1 fully saturated rings. The van der Waals surface area contributed by atoms with E-state index in [1.165, 1.54) is 19.3 Å². The molecule has 0 saturated carbocycles. The maximum atomic E-state index is 9.81. The third-order valence-corrected chi connectivity index (χ3v) is 5.35. The van der Waals surface area contributed by atoms with Crippen molar-refractivity contribution in [3.63, 3.8) is 0 Å². The van der Waals surface area contributed by atoms with E-state index in [-0.39, 0.29) is 0 Å². The van der Waals surface area contributed by atoms with Crippen molar-refractivity contribution in [3.05, 3.63) is 41.0 Å². The molecule has 1 aromatic carbocycles. The molecule has 0 N–H and O–H groups in total. The summed E-state index contributed by atoms with van der Waals surface area (Å²) in [6, 6.07) is 12.7. The predicted octanol–water partition coefficient (Wildman–Crippen LogP) is 4.11. The monoisotopic (exact) mass is 343 g/mol. The van der Waals surface area contributed by atoms with Gasteiger partial charge >= 0.3 is 0 Å². The number of hydrogen-bond acceptors (Lipinski definition) is 4. The minimum absolute atomic E-state index is 0.449. The first-order chi connectivity index (χ1) is 12.8. The zero-order chi connectivity index (χ0) is 18.1. The molecule has 3 aromatic rings. The minimum Gasteiger partial charge on any atom is -0.357 e. The number of imidazole rings is 1. The summed E-state index contributed by atoms with van der Waals surface area (Å²) in [5.41, 5.74) is 5.35. The van der Waals surface area contributed by atoms with Crippen LogP contribution in [-0.2, 0) is 6.42 Å². The third kappa shape index (κ3) is 2.48. The molecule has 0 amide bonds. The number of aromatic nitrogens is 2. The lowest BCUT2D eigenvalue weighted by Crippen LogP contribution is -2.32. The Labute approximate surface area is 153 Å². The SMILES string of the molecule is Cc1c(CCC#N)c(N2CCCCC2)n2c(nc3ccccc32)c1C#N. The Bertz CT molecular complexity index is 1060. The van der Waals surface area contributed by atoms with Crippen LogP contribution in [0.2, 0.25) is 0 Å². The molecule has 5 heteroatoms. The second-order valence-corrected chi connectivity index (χ2v) is 6.88. The summed E-state index contributed by atoms with van der Waals surface area (Å²) in [5, 5.41) is 19.0. The number of rotatable bonds is 3. The van der Waals surface area contributed by atoms with Crippen molar-refractivity contribution in [2.24, 2.45) is 0 Å². The summed E-state index contributed by atoms with van der Waals surface area (Å²) >= 11 is 0. The number of para-hydroxylation sites is 2. The van der Waals surface area contributed by atoms with E-state index in [1.807, 2.05) is 25.1 Å². The van der Waals surface area contributed by atoms with Gasteiger partial charge in [-0.25, -0.2) is 4.98 Å². The van der Waals surface area contributed by atoms with Crippen molar-refractivity contribution in [2.45, 2.75) is 39.0 Å². The van der Waals surface area contributed by atoms with Gasteiger partial charge in [0.15, 0.2) is 5.65 Å². The van der Waals surface area contributed by atoms with Gasteiger partial charge in [-0.05, 0) is 55.9 Å². The zero-order valence-corrected chi connectivity index (χ0v) is 15.0. The summed E-state index contributed by atoms with van der Waals surface area (Å²) < 4.78 is 2.15. The lowest BCUT2D eigenvalue weighted by atomic mass is 9.99. The van der Waals surface area contributed by atoms with E-state index in [2.05, 4.69) is 27.5 Å². The van der Waals surface area contributed by atoms with Gasteiger partial charge in [0.2, 0.25) is 0 Å². The van der Waals surface area contributed by atoms with Crippen LogP contribution in [0.3, 0.4) is 0 Å². The van der Waals surface area contributed by atoms with Gasteiger partial charge in [0.05, 0.1) is 22.7 Å². The van der Waals surface area contributed by atoms with Crippen molar-refractivity contribution >= 4 is 22.5 Å². The van der Waals surface area contributed by atoms with Gasteiger partial charge in [0.1, 0.15) is 11.9 Å². The van der Waals surface area contributed by atoms with Crippen LogP contribution in [0.4, 0.5) is 5.82 Å². The van der Waals surface area contributed by atoms with Crippen LogP contribution >= 0.6 is 0 Å². The lowest BCUT2D eigenvalue weighted by molar-refractivity contribution is 0.570. The maximum Gasteiger partial charge on any atom is 0.157 e. The van der Waals surface area contributed by atoms with E-state index in [9.17, 15) is 5.26 Å². The molecule has 26 heavy (non-hydrogen) atoms. The summed E-state index contributed by atoms with van der Waals surface area (Å²) in [5.74, 6) is 1.13. The van der Waals surface area contributed by atoms with Crippen LogP contribution in [0.5, 0.6) is 0 Å². The molecule has 2 aromatic heterocycles. The Kier molecular flexibility index (Phi) is 4.22. The quantitative estimate of drug-likeness (QED) is 0.717. The van der Waals surface area contributed by atoms with Gasteiger partial charge in [0.25, 0.3) is 0 Å². The first kappa shape index (κ1) is 16.4. The Morgan fingerprint density at radius 2 is 1.88 bits per heavy atom. The Balaban J connectivity index is 2.12. The fourth-order valence-corrected chi connectivity index (χ4v) is 4.08.